The third kappa shape index (κ3) is 2.51. The number of hydrogen-bond acceptors (Lipinski definition) is 3. The molecule has 1 heterocycles. The van der Waals surface area contributed by atoms with Crippen LogP contribution in [0.4, 0.5) is 0 Å². The molecule has 0 aliphatic carbocycles. The number of nitrogens with one attached hydrogen (secondary N) is 1. The van der Waals surface area contributed by atoms with Crippen molar-refractivity contribution in [3.8, 4) is 0 Å². The summed E-state index contributed by atoms with van der Waals surface area (Å²) in [6.07, 6.45) is 1.65. The van der Waals surface area contributed by atoms with E-state index in [1.165, 1.54) is 0 Å². The summed E-state index contributed by atoms with van der Waals surface area (Å²) in [6, 6.07) is 9.18. The zero-order chi connectivity index (χ0) is 13.9. The smallest absolute Gasteiger partial charge is 0.328 e. The Morgan fingerprint density at radius 3 is 2.47 bits per heavy atom. The molecule has 19 heavy (non-hydrogen) atoms. The number of carboxylic acids is 2. The zero-order valence-electron chi connectivity index (χ0n) is 10.3. The minimum absolute atomic E-state index is 0.0262. The zero-order valence-corrected chi connectivity index (χ0v) is 10.3. The van der Waals surface area contributed by atoms with Gasteiger partial charge in [0.2, 0.25) is 0 Å². The summed E-state index contributed by atoms with van der Waals surface area (Å²) in [4.78, 5) is 22.3. The van der Waals surface area contributed by atoms with E-state index in [9.17, 15) is 14.7 Å². The van der Waals surface area contributed by atoms with Crippen LogP contribution in [-0.2, 0) is 9.59 Å². The lowest BCUT2D eigenvalue weighted by molar-refractivity contribution is -0.143. The highest BCUT2D eigenvalue weighted by Gasteiger charge is 2.44. The molecule has 1 unspecified atom stereocenters. The SMILES string of the molecule is O=C(O)CCC1(C(=O)O)NCC=C1c1ccccc1. The van der Waals surface area contributed by atoms with Gasteiger partial charge in [0.25, 0.3) is 0 Å². The van der Waals surface area contributed by atoms with Crippen molar-refractivity contribution >= 4 is 17.5 Å². The second-order valence-electron chi connectivity index (χ2n) is 4.47. The molecule has 0 saturated carbocycles. The van der Waals surface area contributed by atoms with Gasteiger partial charge in [-0.15, -0.1) is 0 Å². The van der Waals surface area contributed by atoms with Gasteiger partial charge in [-0.2, -0.15) is 0 Å². The van der Waals surface area contributed by atoms with Crippen LogP contribution >= 0.6 is 0 Å². The molecule has 2 rings (SSSR count). The molecule has 100 valence electrons. The largest absolute Gasteiger partial charge is 0.481 e. The van der Waals surface area contributed by atoms with Gasteiger partial charge in [-0.1, -0.05) is 36.4 Å². The fourth-order valence-electron chi connectivity index (χ4n) is 2.39. The maximum Gasteiger partial charge on any atom is 0.328 e. The molecular weight excluding hydrogens is 246 g/mol. The summed E-state index contributed by atoms with van der Waals surface area (Å²) in [6.45, 7) is 0.427. The summed E-state index contributed by atoms with van der Waals surface area (Å²) < 4.78 is 0. The highest BCUT2D eigenvalue weighted by molar-refractivity contribution is 5.98. The molecule has 1 atom stereocenters. The monoisotopic (exact) mass is 261 g/mol. The van der Waals surface area contributed by atoms with Crippen LogP contribution in [0.2, 0.25) is 0 Å². The molecule has 1 aliphatic rings. The number of carbonyl (C=O) groups is 2. The third-order valence-corrected chi connectivity index (χ3v) is 3.33. The quantitative estimate of drug-likeness (QED) is 0.745. The Morgan fingerprint density at radius 2 is 1.89 bits per heavy atom. The Kier molecular flexibility index (Phi) is 3.66. The van der Waals surface area contributed by atoms with E-state index in [-0.39, 0.29) is 12.8 Å². The van der Waals surface area contributed by atoms with E-state index in [1.54, 1.807) is 0 Å². The van der Waals surface area contributed by atoms with Crippen molar-refractivity contribution in [1.82, 2.24) is 5.32 Å². The van der Waals surface area contributed by atoms with Crippen molar-refractivity contribution in [2.45, 2.75) is 18.4 Å². The summed E-state index contributed by atoms with van der Waals surface area (Å²) in [5.74, 6) is -2.04. The predicted octanol–water partition coefficient (Wildman–Crippen LogP) is 1.36. The lowest BCUT2D eigenvalue weighted by atomic mass is 9.83. The predicted molar refractivity (Wildman–Crippen MR) is 69.7 cm³/mol. The number of aliphatic carboxylic acids is 2. The van der Waals surface area contributed by atoms with E-state index < -0.39 is 17.5 Å². The summed E-state index contributed by atoms with van der Waals surface area (Å²) in [5, 5.41) is 21.2. The molecule has 5 nitrogen and oxygen atoms in total. The lowest BCUT2D eigenvalue weighted by Crippen LogP contribution is -2.50. The molecule has 3 N–H and O–H groups in total. The van der Waals surface area contributed by atoms with Gasteiger partial charge in [-0.3, -0.25) is 10.1 Å². The van der Waals surface area contributed by atoms with Crippen LogP contribution in [0, 0.1) is 0 Å². The van der Waals surface area contributed by atoms with Gasteiger partial charge >= 0.3 is 11.9 Å². The Bertz CT molecular complexity index is 524. The minimum atomic E-state index is -1.31. The molecule has 0 spiro atoms. The van der Waals surface area contributed by atoms with Gasteiger partial charge < -0.3 is 10.2 Å². The van der Waals surface area contributed by atoms with Gasteiger partial charge in [-0.25, -0.2) is 4.79 Å². The first-order valence-corrected chi connectivity index (χ1v) is 6.02. The fraction of sp³-hybridized carbons (Fsp3) is 0.286. The summed E-state index contributed by atoms with van der Waals surface area (Å²) in [7, 11) is 0. The first kappa shape index (κ1) is 13.3. The van der Waals surface area contributed by atoms with Crippen molar-refractivity contribution in [2.75, 3.05) is 6.54 Å². The Balaban J connectivity index is 2.35. The van der Waals surface area contributed by atoms with E-state index >= 15 is 0 Å². The molecule has 0 fully saturated rings. The van der Waals surface area contributed by atoms with Gasteiger partial charge in [0, 0.05) is 13.0 Å². The van der Waals surface area contributed by atoms with E-state index in [2.05, 4.69) is 5.32 Å². The molecule has 0 saturated heterocycles. The number of benzene rings is 1. The number of carboxylic acid groups (broad SMARTS) is 2. The van der Waals surface area contributed by atoms with Crippen molar-refractivity contribution in [3.05, 3.63) is 42.0 Å². The summed E-state index contributed by atoms with van der Waals surface area (Å²) >= 11 is 0. The van der Waals surface area contributed by atoms with Gasteiger partial charge in [-0.05, 0) is 17.6 Å². The topological polar surface area (TPSA) is 86.6 Å². The van der Waals surface area contributed by atoms with Crippen LogP contribution in [0.15, 0.2) is 36.4 Å². The maximum atomic E-state index is 11.6. The molecule has 0 bridgehead atoms. The molecule has 1 aromatic carbocycles. The van der Waals surface area contributed by atoms with Crippen molar-refractivity contribution in [1.29, 1.82) is 0 Å². The molecule has 0 aromatic heterocycles. The molecule has 5 heteroatoms. The van der Waals surface area contributed by atoms with Crippen molar-refractivity contribution in [3.63, 3.8) is 0 Å². The molecular formula is C14H15NO4. The standard InChI is InChI=1S/C14H15NO4/c16-12(17)6-8-14(13(18)19)11(7-9-15-14)10-4-2-1-3-5-10/h1-5,7,15H,6,8-9H2,(H,16,17)(H,18,19). The lowest BCUT2D eigenvalue weighted by Gasteiger charge is -2.28. The van der Waals surface area contributed by atoms with Gasteiger partial charge in [0.05, 0.1) is 0 Å². The van der Waals surface area contributed by atoms with Crippen LogP contribution in [0.1, 0.15) is 18.4 Å². The average Bonchev–Trinajstić information content (AvgIpc) is 2.82. The minimum Gasteiger partial charge on any atom is -0.481 e. The average molecular weight is 261 g/mol. The Labute approximate surface area is 110 Å². The van der Waals surface area contributed by atoms with E-state index in [0.717, 1.165) is 5.56 Å². The van der Waals surface area contributed by atoms with Gasteiger partial charge in [0.15, 0.2) is 0 Å². The molecule has 1 aliphatic heterocycles. The van der Waals surface area contributed by atoms with Crippen LogP contribution in [-0.4, -0.2) is 34.2 Å². The highest BCUT2D eigenvalue weighted by atomic mass is 16.4. The fourth-order valence-corrected chi connectivity index (χ4v) is 2.39. The highest BCUT2D eigenvalue weighted by Crippen LogP contribution is 2.34. The van der Waals surface area contributed by atoms with Crippen LogP contribution in [0.3, 0.4) is 0 Å². The first-order valence-electron chi connectivity index (χ1n) is 6.02. The van der Waals surface area contributed by atoms with Crippen molar-refractivity contribution < 1.29 is 19.8 Å². The Hall–Kier alpha value is -2.14. The van der Waals surface area contributed by atoms with Crippen LogP contribution in [0.25, 0.3) is 5.57 Å². The van der Waals surface area contributed by atoms with E-state index in [1.807, 2.05) is 36.4 Å². The second-order valence-corrected chi connectivity index (χ2v) is 4.47. The molecule has 1 aromatic rings. The number of rotatable bonds is 5. The normalized spacial score (nSPS) is 22.0. The van der Waals surface area contributed by atoms with Gasteiger partial charge in [0.1, 0.15) is 5.54 Å². The first-order chi connectivity index (χ1) is 9.06. The van der Waals surface area contributed by atoms with Crippen LogP contribution < -0.4 is 5.32 Å². The molecule has 0 amide bonds. The summed E-state index contributed by atoms with van der Waals surface area (Å²) in [5.41, 5.74) is 0.141. The second kappa shape index (κ2) is 5.24. The van der Waals surface area contributed by atoms with Crippen LogP contribution in [0.5, 0.6) is 0 Å². The van der Waals surface area contributed by atoms with E-state index in [4.69, 9.17) is 5.11 Å². The maximum absolute atomic E-state index is 11.6. The Morgan fingerprint density at radius 1 is 1.21 bits per heavy atom. The number of hydrogen-bond donors (Lipinski definition) is 3. The van der Waals surface area contributed by atoms with E-state index in [0.29, 0.717) is 12.1 Å². The van der Waals surface area contributed by atoms with Crippen molar-refractivity contribution in [2.24, 2.45) is 0 Å². The molecule has 0 radical (unpaired) electrons. The third-order valence-electron chi connectivity index (χ3n) is 3.33.